The fourth-order valence-corrected chi connectivity index (χ4v) is 7.45. The number of halogens is 2. The van der Waals surface area contributed by atoms with Gasteiger partial charge >= 0.3 is 6.09 Å². The molecule has 3 aromatic rings. The summed E-state index contributed by atoms with van der Waals surface area (Å²) in [5.41, 5.74) is 2.21. The topological polar surface area (TPSA) is 108 Å². The van der Waals surface area contributed by atoms with Gasteiger partial charge < -0.3 is 30.2 Å². The number of aromatic nitrogens is 2. The number of para-hydroxylation sites is 1. The summed E-state index contributed by atoms with van der Waals surface area (Å²) in [7, 11) is -2.52. The van der Waals surface area contributed by atoms with Crippen molar-refractivity contribution in [3.63, 3.8) is 0 Å². The number of nitrogens with one attached hydrogen (secondary N) is 3. The molecule has 0 bridgehead atoms. The maximum atomic E-state index is 12.8. The molecule has 1 aliphatic heterocycles. The van der Waals surface area contributed by atoms with Crippen molar-refractivity contribution < 1.29 is 14.1 Å². The number of rotatable bonds is 7. The molecule has 1 saturated heterocycles. The van der Waals surface area contributed by atoms with Crippen LogP contribution in [0.3, 0.4) is 0 Å². The molecular formula is C31H39Cl2N6O3P. The minimum atomic E-state index is -2.52. The van der Waals surface area contributed by atoms with E-state index in [1.165, 1.54) is 6.20 Å². The number of anilines is 5. The summed E-state index contributed by atoms with van der Waals surface area (Å²) in [5.74, 6) is 0.758. The number of alkyl carbamates (subject to hydrolysis) is 1. The number of ether oxygens (including phenoxy) is 1. The predicted octanol–water partition coefficient (Wildman–Crippen LogP) is 7.79. The van der Waals surface area contributed by atoms with Crippen LogP contribution in [0, 0.1) is 5.41 Å². The lowest BCUT2D eigenvalue weighted by Gasteiger charge is -2.52. The average Bonchev–Trinajstić information content (AvgIpc) is 2.89. The van der Waals surface area contributed by atoms with Crippen molar-refractivity contribution in [1.82, 2.24) is 15.3 Å². The van der Waals surface area contributed by atoms with Gasteiger partial charge in [0.15, 0.2) is 5.82 Å². The standard InChI is InChI=1S/C31H39Cl2N6O3P/c1-30(2,3)42-29(40)36-21-17-31(18-21)12-14-39(15-13-31)25-11-10-20(16-22(25)32)35-28-34-19-23(33)27(38-28)37-24-8-6-7-9-26(24)43(4,5)41/h6-11,16,19,21H,12-15,17-18H2,1-5H3,(H,36,40)(H2,34,35,37,38). The lowest BCUT2D eigenvalue weighted by molar-refractivity contribution is 0.0234. The van der Waals surface area contributed by atoms with Crippen molar-refractivity contribution >= 4 is 70.6 Å². The molecule has 12 heteroatoms. The molecular weight excluding hydrogens is 606 g/mol. The first-order valence-electron chi connectivity index (χ1n) is 14.4. The molecule has 1 saturated carbocycles. The van der Waals surface area contributed by atoms with E-state index in [-0.39, 0.29) is 17.6 Å². The molecule has 1 spiro atoms. The molecule has 0 unspecified atom stereocenters. The Labute approximate surface area is 263 Å². The van der Waals surface area contributed by atoms with Crippen LogP contribution in [0.5, 0.6) is 0 Å². The van der Waals surface area contributed by atoms with Gasteiger partial charge in [0.2, 0.25) is 5.95 Å². The van der Waals surface area contributed by atoms with Crippen LogP contribution in [0.2, 0.25) is 10.0 Å². The van der Waals surface area contributed by atoms with Crippen LogP contribution in [0.1, 0.15) is 46.5 Å². The van der Waals surface area contributed by atoms with Gasteiger partial charge in [0, 0.05) is 30.1 Å². The maximum absolute atomic E-state index is 12.8. The first-order chi connectivity index (χ1) is 20.2. The van der Waals surface area contributed by atoms with Crippen LogP contribution in [0.25, 0.3) is 0 Å². The third-order valence-corrected chi connectivity index (χ3v) is 10.1. The first kappa shape index (κ1) is 31.4. The van der Waals surface area contributed by atoms with E-state index in [9.17, 15) is 9.36 Å². The number of hydrogen-bond acceptors (Lipinski definition) is 8. The van der Waals surface area contributed by atoms with E-state index in [1.807, 2.05) is 63.2 Å². The number of carbonyl (C=O) groups excluding carboxylic acids is 1. The molecule has 0 atom stereocenters. The molecule has 2 heterocycles. The second-order valence-electron chi connectivity index (χ2n) is 12.9. The summed E-state index contributed by atoms with van der Waals surface area (Å²) in [6.45, 7) is 10.9. The SMILES string of the molecule is CC(C)(C)OC(=O)NC1CC2(CCN(c3ccc(Nc4ncc(Cl)c(Nc5ccccc5P(C)(C)=O)n4)cc3Cl)CC2)C1. The van der Waals surface area contributed by atoms with E-state index >= 15 is 0 Å². The summed E-state index contributed by atoms with van der Waals surface area (Å²) in [6, 6.07) is 13.4. The Morgan fingerprint density at radius 2 is 1.74 bits per heavy atom. The van der Waals surface area contributed by atoms with Crippen LogP contribution < -0.4 is 26.2 Å². The normalized spacial score (nSPS) is 16.9. The third kappa shape index (κ3) is 7.75. The van der Waals surface area contributed by atoms with Crippen molar-refractivity contribution in [2.75, 3.05) is 42.0 Å². The molecule has 5 rings (SSSR count). The van der Waals surface area contributed by atoms with Gasteiger partial charge in [-0.2, -0.15) is 4.98 Å². The van der Waals surface area contributed by atoms with Gasteiger partial charge in [-0.25, -0.2) is 9.78 Å². The van der Waals surface area contributed by atoms with Crippen LogP contribution in [0.4, 0.5) is 33.6 Å². The van der Waals surface area contributed by atoms with Crippen molar-refractivity contribution in [2.24, 2.45) is 5.41 Å². The highest BCUT2D eigenvalue weighted by atomic mass is 35.5. The molecule has 230 valence electrons. The molecule has 2 fully saturated rings. The maximum Gasteiger partial charge on any atom is 0.407 e. The molecule has 3 N–H and O–H groups in total. The van der Waals surface area contributed by atoms with Crippen molar-refractivity contribution in [2.45, 2.75) is 58.1 Å². The zero-order chi connectivity index (χ0) is 31.0. The molecule has 0 radical (unpaired) electrons. The van der Waals surface area contributed by atoms with Gasteiger partial charge in [-0.1, -0.05) is 35.3 Å². The van der Waals surface area contributed by atoms with Gasteiger partial charge in [0.25, 0.3) is 0 Å². The lowest BCUT2D eigenvalue weighted by atomic mass is 9.60. The lowest BCUT2D eigenvalue weighted by Crippen LogP contribution is -2.55. The van der Waals surface area contributed by atoms with Crippen molar-refractivity contribution in [1.29, 1.82) is 0 Å². The minimum Gasteiger partial charge on any atom is -0.444 e. The fourth-order valence-electron chi connectivity index (χ4n) is 5.85. The zero-order valence-corrected chi connectivity index (χ0v) is 27.6. The second-order valence-corrected chi connectivity index (χ2v) is 16.9. The highest BCUT2D eigenvalue weighted by molar-refractivity contribution is 7.70. The zero-order valence-electron chi connectivity index (χ0n) is 25.2. The number of nitrogens with zero attached hydrogens (tertiary/aromatic N) is 3. The fraction of sp³-hybridized carbons (Fsp3) is 0.452. The number of amides is 1. The number of benzene rings is 2. The summed E-state index contributed by atoms with van der Waals surface area (Å²) in [4.78, 5) is 23.3. The highest BCUT2D eigenvalue weighted by Crippen LogP contribution is 2.50. The quantitative estimate of drug-likeness (QED) is 0.224. The molecule has 2 aromatic carbocycles. The Kier molecular flexibility index (Phi) is 8.90. The number of carbonyl (C=O) groups is 1. The largest absolute Gasteiger partial charge is 0.444 e. The minimum absolute atomic E-state index is 0.177. The molecule has 43 heavy (non-hydrogen) atoms. The van der Waals surface area contributed by atoms with Crippen LogP contribution >= 0.6 is 30.3 Å². The van der Waals surface area contributed by atoms with E-state index in [0.717, 1.165) is 55.5 Å². The number of piperidine rings is 1. The van der Waals surface area contributed by atoms with E-state index in [4.69, 9.17) is 27.9 Å². The molecule has 9 nitrogen and oxygen atoms in total. The van der Waals surface area contributed by atoms with Crippen LogP contribution in [0.15, 0.2) is 48.7 Å². The van der Waals surface area contributed by atoms with Gasteiger partial charge in [-0.05, 0) is 95.5 Å². The van der Waals surface area contributed by atoms with Crippen molar-refractivity contribution in [3.8, 4) is 0 Å². The molecule has 1 amide bonds. The summed E-state index contributed by atoms with van der Waals surface area (Å²) in [5, 5.41) is 11.2. The van der Waals surface area contributed by atoms with Gasteiger partial charge in [0.05, 0.1) is 22.6 Å². The Morgan fingerprint density at radius 1 is 1.05 bits per heavy atom. The van der Waals surface area contributed by atoms with E-state index < -0.39 is 12.7 Å². The second kappa shape index (κ2) is 12.2. The first-order valence-corrected chi connectivity index (χ1v) is 17.8. The molecule has 1 aliphatic carbocycles. The summed E-state index contributed by atoms with van der Waals surface area (Å²) in [6.07, 6.45) is 5.26. The molecule has 1 aromatic heterocycles. The van der Waals surface area contributed by atoms with Crippen LogP contribution in [-0.2, 0) is 9.30 Å². The van der Waals surface area contributed by atoms with E-state index in [2.05, 4.69) is 30.8 Å². The third-order valence-electron chi connectivity index (χ3n) is 7.93. The Balaban J connectivity index is 1.18. The Bertz CT molecular complexity index is 1540. The highest BCUT2D eigenvalue weighted by Gasteiger charge is 2.46. The summed E-state index contributed by atoms with van der Waals surface area (Å²) < 4.78 is 18.2. The average molecular weight is 646 g/mol. The monoisotopic (exact) mass is 644 g/mol. The smallest absolute Gasteiger partial charge is 0.407 e. The Hall–Kier alpha value is -3.00. The van der Waals surface area contributed by atoms with Crippen molar-refractivity contribution in [3.05, 3.63) is 58.7 Å². The van der Waals surface area contributed by atoms with E-state index in [1.54, 1.807) is 13.3 Å². The number of hydrogen-bond donors (Lipinski definition) is 3. The van der Waals surface area contributed by atoms with E-state index in [0.29, 0.717) is 27.5 Å². The summed E-state index contributed by atoms with van der Waals surface area (Å²) >= 11 is 13.2. The van der Waals surface area contributed by atoms with Gasteiger partial charge in [-0.15, -0.1) is 0 Å². The molecule has 2 aliphatic rings. The Morgan fingerprint density at radius 3 is 2.40 bits per heavy atom. The van der Waals surface area contributed by atoms with Gasteiger partial charge in [-0.3, -0.25) is 0 Å². The predicted molar refractivity (Wildman–Crippen MR) is 177 cm³/mol. The van der Waals surface area contributed by atoms with Crippen LogP contribution in [-0.4, -0.2) is 54.1 Å². The van der Waals surface area contributed by atoms with Gasteiger partial charge in [0.1, 0.15) is 17.8 Å².